The fourth-order valence-corrected chi connectivity index (χ4v) is 2.24. The van der Waals surface area contributed by atoms with Crippen LogP contribution in [0.25, 0.3) is 0 Å². The molecule has 0 saturated heterocycles. The van der Waals surface area contributed by atoms with Crippen molar-refractivity contribution in [3.63, 3.8) is 0 Å². The SMILES string of the molecule is NCCC(O)C(O)c1ccc2c(c1)CNCC2. The summed E-state index contributed by atoms with van der Waals surface area (Å²) in [5, 5.41) is 23.0. The Balaban J connectivity index is 2.15. The molecule has 0 radical (unpaired) electrons. The van der Waals surface area contributed by atoms with Gasteiger partial charge in [-0.25, -0.2) is 0 Å². The normalized spacial score (nSPS) is 18.5. The number of nitrogens with two attached hydrogens (primary N) is 1. The molecule has 0 aliphatic carbocycles. The van der Waals surface area contributed by atoms with Gasteiger partial charge in [0.1, 0.15) is 6.10 Å². The first-order chi connectivity index (χ1) is 8.22. The van der Waals surface area contributed by atoms with Crippen molar-refractivity contribution >= 4 is 0 Å². The minimum absolute atomic E-state index is 0.380. The highest BCUT2D eigenvalue weighted by Gasteiger charge is 2.19. The molecular formula is C13H20N2O2. The van der Waals surface area contributed by atoms with Gasteiger partial charge in [-0.15, -0.1) is 0 Å². The van der Waals surface area contributed by atoms with Gasteiger partial charge in [0.05, 0.1) is 6.10 Å². The van der Waals surface area contributed by atoms with Gasteiger partial charge in [0.25, 0.3) is 0 Å². The average Bonchev–Trinajstić information content (AvgIpc) is 2.37. The van der Waals surface area contributed by atoms with Gasteiger partial charge in [-0.2, -0.15) is 0 Å². The number of hydrogen-bond donors (Lipinski definition) is 4. The quantitative estimate of drug-likeness (QED) is 0.597. The van der Waals surface area contributed by atoms with E-state index in [9.17, 15) is 10.2 Å². The Morgan fingerprint density at radius 2 is 2.12 bits per heavy atom. The third kappa shape index (κ3) is 2.84. The average molecular weight is 236 g/mol. The lowest BCUT2D eigenvalue weighted by molar-refractivity contribution is 0.0149. The number of hydrogen-bond acceptors (Lipinski definition) is 4. The van der Waals surface area contributed by atoms with Crippen LogP contribution in [0.5, 0.6) is 0 Å². The zero-order chi connectivity index (χ0) is 12.3. The van der Waals surface area contributed by atoms with Crippen LogP contribution < -0.4 is 11.1 Å². The van der Waals surface area contributed by atoms with Crippen LogP contribution in [0.3, 0.4) is 0 Å². The molecule has 1 aliphatic heterocycles. The third-order valence-electron chi connectivity index (χ3n) is 3.29. The van der Waals surface area contributed by atoms with Crippen molar-refractivity contribution in [2.24, 2.45) is 5.73 Å². The Morgan fingerprint density at radius 1 is 1.29 bits per heavy atom. The molecule has 2 unspecified atom stereocenters. The minimum Gasteiger partial charge on any atom is -0.390 e. The van der Waals surface area contributed by atoms with E-state index in [4.69, 9.17) is 5.73 Å². The van der Waals surface area contributed by atoms with Gasteiger partial charge < -0.3 is 21.3 Å². The second-order valence-corrected chi connectivity index (χ2v) is 4.54. The molecular weight excluding hydrogens is 216 g/mol. The third-order valence-corrected chi connectivity index (χ3v) is 3.29. The van der Waals surface area contributed by atoms with Crippen LogP contribution in [0.15, 0.2) is 18.2 Å². The van der Waals surface area contributed by atoms with E-state index in [1.807, 2.05) is 18.2 Å². The fraction of sp³-hybridized carbons (Fsp3) is 0.538. The second kappa shape index (κ2) is 5.60. The van der Waals surface area contributed by atoms with Crippen LogP contribution in [-0.2, 0) is 13.0 Å². The number of benzene rings is 1. The van der Waals surface area contributed by atoms with Gasteiger partial charge >= 0.3 is 0 Å². The molecule has 94 valence electrons. The Labute approximate surface area is 101 Å². The van der Waals surface area contributed by atoms with Crippen LogP contribution in [0.1, 0.15) is 29.2 Å². The van der Waals surface area contributed by atoms with Gasteiger partial charge in [0.2, 0.25) is 0 Å². The van der Waals surface area contributed by atoms with Crippen molar-refractivity contribution in [3.8, 4) is 0 Å². The summed E-state index contributed by atoms with van der Waals surface area (Å²) in [6, 6.07) is 5.92. The van der Waals surface area contributed by atoms with Crippen molar-refractivity contribution in [3.05, 3.63) is 34.9 Å². The Kier molecular flexibility index (Phi) is 4.12. The van der Waals surface area contributed by atoms with E-state index in [0.29, 0.717) is 13.0 Å². The Morgan fingerprint density at radius 3 is 2.88 bits per heavy atom. The number of fused-ring (bicyclic) bond motifs is 1. The second-order valence-electron chi connectivity index (χ2n) is 4.54. The van der Waals surface area contributed by atoms with Crippen molar-refractivity contribution in [1.29, 1.82) is 0 Å². The smallest absolute Gasteiger partial charge is 0.105 e. The first-order valence-corrected chi connectivity index (χ1v) is 6.11. The number of nitrogens with one attached hydrogen (secondary N) is 1. The molecule has 1 aromatic rings. The first kappa shape index (κ1) is 12.5. The van der Waals surface area contributed by atoms with Crippen molar-refractivity contribution in [2.75, 3.05) is 13.1 Å². The van der Waals surface area contributed by atoms with E-state index in [0.717, 1.165) is 25.1 Å². The molecule has 0 saturated carbocycles. The first-order valence-electron chi connectivity index (χ1n) is 6.11. The van der Waals surface area contributed by atoms with Crippen LogP contribution in [0.4, 0.5) is 0 Å². The zero-order valence-corrected chi connectivity index (χ0v) is 9.89. The lowest BCUT2D eigenvalue weighted by Crippen LogP contribution is -2.25. The molecule has 0 bridgehead atoms. The Bertz CT molecular complexity index is 382. The largest absolute Gasteiger partial charge is 0.390 e. The molecule has 4 nitrogen and oxygen atoms in total. The summed E-state index contributed by atoms with van der Waals surface area (Å²) in [4.78, 5) is 0. The molecule has 4 heteroatoms. The predicted molar refractivity (Wildman–Crippen MR) is 66.5 cm³/mol. The summed E-state index contributed by atoms with van der Waals surface area (Å²) in [5.74, 6) is 0. The minimum atomic E-state index is -0.842. The number of aliphatic hydroxyl groups excluding tert-OH is 2. The summed E-state index contributed by atoms with van der Waals surface area (Å²) in [7, 11) is 0. The van der Waals surface area contributed by atoms with Crippen LogP contribution in [0, 0.1) is 0 Å². The molecule has 1 aliphatic rings. The standard InChI is InChI=1S/C13H20N2O2/c14-5-3-12(16)13(17)10-2-1-9-4-6-15-8-11(9)7-10/h1-2,7,12-13,15-17H,3-6,8,14H2. The van der Waals surface area contributed by atoms with Crippen LogP contribution in [0.2, 0.25) is 0 Å². The molecule has 0 amide bonds. The molecule has 1 aromatic carbocycles. The number of rotatable bonds is 4. The van der Waals surface area contributed by atoms with Crippen molar-refractivity contribution in [1.82, 2.24) is 5.32 Å². The summed E-state index contributed by atoms with van der Waals surface area (Å²) in [5.41, 5.74) is 8.69. The molecule has 1 heterocycles. The van der Waals surface area contributed by atoms with Gasteiger partial charge in [-0.1, -0.05) is 18.2 Å². The molecule has 0 aromatic heterocycles. The summed E-state index contributed by atoms with van der Waals surface area (Å²) in [6.07, 6.45) is -0.187. The van der Waals surface area contributed by atoms with E-state index in [-0.39, 0.29) is 0 Å². The lowest BCUT2D eigenvalue weighted by Gasteiger charge is -2.22. The maximum atomic E-state index is 10.00. The fourth-order valence-electron chi connectivity index (χ4n) is 2.24. The lowest BCUT2D eigenvalue weighted by atomic mass is 9.94. The summed E-state index contributed by atoms with van der Waals surface area (Å²) in [6.45, 7) is 2.22. The molecule has 17 heavy (non-hydrogen) atoms. The van der Waals surface area contributed by atoms with Crippen molar-refractivity contribution in [2.45, 2.75) is 31.6 Å². The topological polar surface area (TPSA) is 78.5 Å². The molecule has 2 rings (SSSR count). The highest BCUT2D eigenvalue weighted by Crippen LogP contribution is 2.23. The van der Waals surface area contributed by atoms with Gasteiger partial charge in [0.15, 0.2) is 0 Å². The van der Waals surface area contributed by atoms with E-state index >= 15 is 0 Å². The molecule has 0 spiro atoms. The van der Waals surface area contributed by atoms with Crippen LogP contribution >= 0.6 is 0 Å². The highest BCUT2D eigenvalue weighted by atomic mass is 16.3. The maximum Gasteiger partial charge on any atom is 0.105 e. The Hall–Kier alpha value is -0.940. The van der Waals surface area contributed by atoms with Gasteiger partial charge in [-0.05, 0) is 42.6 Å². The molecule has 5 N–H and O–H groups in total. The van der Waals surface area contributed by atoms with Crippen molar-refractivity contribution < 1.29 is 10.2 Å². The maximum absolute atomic E-state index is 10.00. The zero-order valence-electron chi connectivity index (χ0n) is 9.89. The van der Waals surface area contributed by atoms with E-state index in [2.05, 4.69) is 5.32 Å². The highest BCUT2D eigenvalue weighted by molar-refractivity contribution is 5.35. The van der Waals surface area contributed by atoms with E-state index in [1.165, 1.54) is 11.1 Å². The van der Waals surface area contributed by atoms with Gasteiger partial charge in [-0.3, -0.25) is 0 Å². The van der Waals surface area contributed by atoms with E-state index < -0.39 is 12.2 Å². The summed E-state index contributed by atoms with van der Waals surface area (Å²) < 4.78 is 0. The van der Waals surface area contributed by atoms with Crippen LogP contribution in [-0.4, -0.2) is 29.4 Å². The summed E-state index contributed by atoms with van der Waals surface area (Å²) >= 11 is 0. The molecule has 2 atom stereocenters. The predicted octanol–water partition coefficient (Wildman–Crippen LogP) is 0.0754. The molecule has 0 fully saturated rings. The van der Waals surface area contributed by atoms with E-state index in [1.54, 1.807) is 0 Å². The monoisotopic (exact) mass is 236 g/mol. The number of aliphatic hydroxyl groups is 2. The van der Waals surface area contributed by atoms with Gasteiger partial charge in [0, 0.05) is 6.54 Å².